The SMILES string of the molecule is CCCCCCC(O)c1cc2c(s1)CCC2. The molecular formula is C14H22OS. The maximum absolute atomic E-state index is 10.1. The summed E-state index contributed by atoms with van der Waals surface area (Å²) < 4.78 is 0. The van der Waals surface area contributed by atoms with Crippen molar-refractivity contribution in [1.82, 2.24) is 0 Å². The molecule has 2 heteroatoms. The minimum atomic E-state index is -0.201. The lowest BCUT2D eigenvalue weighted by molar-refractivity contribution is 0.167. The second-order valence-corrected chi connectivity index (χ2v) is 5.98. The average molecular weight is 238 g/mol. The molecule has 0 saturated heterocycles. The minimum Gasteiger partial charge on any atom is -0.388 e. The van der Waals surface area contributed by atoms with E-state index < -0.39 is 0 Å². The second kappa shape index (κ2) is 5.83. The van der Waals surface area contributed by atoms with Gasteiger partial charge < -0.3 is 5.11 Å². The Bertz CT molecular complexity index is 308. The maximum atomic E-state index is 10.1. The van der Waals surface area contributed by atoms with Gasteiger partial charge in [-0.15, -0.1) is 11.3 Å². The summed E-state index contributed by atoms with van der Waals surface area (Å²) in [5.74, 6) is 0. The van der Waals surface area contributed by atoms with Crippen LogP contribution in [0.2, 0.25) is 0 Å². The van der Waals surface area contributed by atoms with Crippen LogP contribution in [0.3, 0.4) is 0 Å². The molecule has 0 fully saturated rings. The van der Waals surface area contributed by atoms with Crippen LogP contribution in [0.25, 0.3) is 0 Å². The molecule has 2 rings (SSSR count). The van der Waals surface area contributed by atoms with E-state index in [0.29, 0.717) is 0 Å². The van der Waals surface area contributed by atoms with Crippen molar-refractivity contribution in [2.45, 2.75) is 64.4 Å². The van der Waals surface area contributed by atoms with Crippen LogP contribution in [-0.2, 0) is 12.8 Å². The minimum absolute atomic E-state index is 0.201. The Hall–Kier alpha value is -0.340. The molecule has 1 nitrogen and oxygen atoms in total. The Morgan fingerprint density at radius 1 is 1.31 bits per heavy atom. The van der Waals surface area contributed by atoms with E-state index in [1.807, 2.05) is 11.3 Å². The molecule has 0 amide bonds. The number of fused-ring (bicyclic) bond motifs is 1. The molecule has 1 atom stereocenters. The molecular weight excluding hydrogens is 216 g/mol. The highest BCUT2D eigenvalue weighted by molar-refractivity contribution is 7.12. The molecule has 1 heterocycles. The van der Waals surface area contributed by atoms with Gasteiger partial charge in [0.2, 0.25) is 0 Å². The van der Waals surface area contributed by atoms with Gasteiger partial charge in [-0.3, -0.25) is 0 Å². The van der Waals surface area contributed by atoms with E-state index in [1.165, 1.54) is 53.8 Å². The van der Waals surface area contributed by atoms with Gasteiger partial charge in [0, 0.05) is 9.75 Å². The average Bonchev–Trinajstić information content (AvgIpc) is 2.83. The zero-order valence-corrected chi connectivity index (χ0v) is 11.0. The van der Waals surface area contributed by atoms with Crippen molar-refractivity contribution in [2.24, 2.45) is 0 Å². The van der Waals surface area contributed by atoms with Gasteiger partial charge in [0.05, 0.1) is 6.10 Å². The van der Waals surface area contributed by atoms with E-state index in [0.717, 1.165) is 12.8 Å². The van der Waals surface area contributed by atoms with Crippen LogP contribution in [0.15, 0.2) is 6.07 Å². The molecule has 0 spiro atoms. The molecule has 0 radical (unpaired) electrons. The number of thiophene rings is 1. The quantitative estimate of drug-likeness (QED) is 0.735. The Balaban J connectivity index is 1.81. The molecule has 1 aliphatic rings. The molecule has 90 valence electrons. The first-order chi connectivity index (χ1) is 7.81. The van der Waals surface area contributed by atoms with Gasteiger partial charge >= 0.3 is 0 Å². The maximum Gasteiger partial charge on any atom is 0.0882 e. The lowest BCUT2D eigenvalue weighted by atomic mass is 10.1. The predicted molar refractivity (Wildman–Crippen MR) is 70.1 cm³/mol. The fraction of sp³-hybridized carbons (Fsp3) is 0.714. The van der Waals surface area contributed by atoms with E-state index in [2.05, 4.69) is 13.0 Å². The van der Waals surface area contributed by atoms with Crippen LogP contribution in [0, 0.1) is 0 Å². The highest BCUT2D eigenvalue weighted by atomic mass is 32.1. The summed E-state index contributed by atoms with van der Waals surface area (Å²) >= 11 is 1.84. The van der Waals surface area contributed by atoms with Crippen molar-refractivity contribution in [2.75, 3.05) is 0 Å². The van der Waals surface area contributed by atoms with Gasteiger partial charge in [-0.25, -0.2) is 0 Å². The summed E-state index contributed by atoms with van der Waals surface area (Å²) in [4.78, 5) is 2.74. The highest BCUT2D eigenvalue weighted by Crippen LogP contribution is 2.35. The van der Waals surface area contributed by atoms with E-state index in [9.17, 15) is 5.11 Å². The van der Waals surface area contributed by atoms with Crippen molar-refractivity contribution in [3.8, 4) is 0 Å². The van der Waals surface area contributed by atoms with Crippen LogP contribution in [-0.4, -0.2) is 5.11 Å². The van der Waals surface area contributed by atoms with E-state index in [-0.39, 0.29) is 6.10 Å². The van der Waals surface area contributed by atoms with Gasteiger partial charge in [0.1, 0.15) is 0 Å². The van der Waals surface area contributed by atoms with E-state index in [4.69, 9.17) is 0 Å². The summed E-state index contributed by atoms with van der Waals surface area (Å²) in [5, 5.41) is 10.1. The van der Waals surface area contributed by atoms with Gasteiger partial charge in [-0.1, -0.05) is 32.6 Å². The van der Waals surface area contributed by atoms with Crippen LogP contribution in [0.1, 0.15) is 66.9 Å². The number of unbranched alkanes of at least 4 members (excludes halogenated alkanes) is 3. The van der Waals surface area contributed by atoms with Crippen molar-refractivity contribution in [3.05, 3.63) is 21.4 Å². The third-order valence-corrected chi connectivity index (χ3v) is 4.76. The molecule has 16 heavy (non-hydrogen) atoms. The molecule has 0 aliphatic heterocycles. The highest BCUT2D eigenvalue weighted by Gasteiger charge is 2.18. The molecule has 1 aromatic rings. The van der Waals surface area contributed by atoms with Crippen molar-refractivity contribution < 1.29 is 5.11 Å². The number of aliphatic hydroxyl groups is 1. The van der Waals surface area contributed by atoms with Crippen LogP contribution in [0.4, 0.5) is 0 Å². The standard InChI is InChI=1S/C14H22OS/c1-2-3-4-5-8-12(15)14-10-11-7-6-9-13(11)16-14/h10,12,15H,2-9H2,1H3. The Morgan fingerprint density at radius 2 is 2.19 bits per heavy atom. The van der Waals surface area contributed by atoms with Gasteiger partial charge in [-0.2, -0.15) is 0 Å². The Morgan fingerprint density at radius 3 is 2.94 bits per heavy atom. The topological polar surface area (TPSA) is 20.2 Å². The summed E-state index contributed by atoms with van der Waals surface area (Å²) in [6, 6.07) is 2.25. The smallest absolute Gasteiger partial charge is 0.0882 e. The summed E-state index contributed by atoms with van der Waals surface area (Å²) in [7, 11) is 0. The van der Waals surface area contributed by atoms with Crippen molar-refractivity contribution in [1.29, 1.82) is 0 Å². The number of hydrogen-bond acceptors (Lipinski definition) is 2. The number of rotatable bonds is 6. The number of aliphatic hydroxyl groups excluding tert-OH is 1. The summed E-state index contributed by atoms with van der Waals surface area (Å²) in [6.07, 6.45) is 9.52. The predicted octanol–water partition coefficient (Wildman–Crippen LogP) is 4.24. The van der Waals surface area contributed by atoms with Gasteiger partial charge in [0.25, 0.3) is 0 Å². The second-order valence-electron chi connectivity index (χ2n) is 4.82. The fourth-order valence-corrected chi connectivity index (χ4v) is 3.70. The first-order valence-corrected chi connectivity index (χ1v) is 7.42. The molecule has 0 saturated carbocycles. The Kier molecular flexibility index (Phi) is 4.42. The third kappa shape index (κ3) is 2.86. The lowest BCUT2D eigenvalue weighted by Gasteiger charge is -2.07. The van der Waals surface area contributed by atoms with Crippen molar-refractivity contribution in [3.63, 3.8) is 0 Å². The van der Waals surface area contributed by atoms with Crippen LogP contribution >= 0.6 is 11.3 Å². The van der Waals surface area contributed by atoms with Crippen LogP contribution in [0.5, 0.6) is 0 Å². The van der Waals surface area contributed by atoms with Crippen LogP contribution < -0.4 is 0 Å². The van der Waals surface area contributed by atoms with Crippen molar-refractivity contribution >= 4 is 11.3 Å². The fourth-order valence-electron chi connectivity index (χ4n) is 2.42. The molecule has 1 aromatic heterocycles. The first kappa shape index (κ1) is 12.1. The lowest BCUT2D eigenvalue weighted by Crippen LogP contribution is -1.94. The number of aryl methyl sites for hydroxylation is 2. The zero-order chi connectivity index (χ0) is 11.4. The van der Waals surface area contributed by atoms with E-state index in [1.54, 1.807) is 0 Å². The normalized spacial score (nSPS) is 16.4. The largest absolute Gasteiger partial charge is 0.388 e. The molecule has 1 N–H and O–H groups in total. The monoisotopic (exact) mass is 238 g/mol. The molecule has 1 unspecified atom stereocenters. The summed E-state index contributed by atoms with van der Waals surface area (Å²) in [5.41, 5.74) is 1.51. The molecule has 0 aromatic carbocycles. The molecule has 0 bridgehead atoms. The summed E-state index contributed by atoms with van der Waals surface area (Å²) in [6.45, 7) is 2.22. The Labute approximate surface area is 103 Å². The first-order valence-electron chi connectivity index (χ1n) is 6.60. The third-order valence-electron chi connectivity index (χ3n) is 3.43. The zero-order valence-electron chi connectivity index (χ0n) is 10.2. The van der Waals surface area contributed by atoms with E-state index >= 15 is 0 Å². The molecule has 1 aliphatic carbocycles. The van der Waals surface area contributed by atoms with Gasteiger partial charge in [-0.05, 0) is 37.3 Å². The number of hydrogen-bond donors (Lipinski definition) is 1. The van der Waals surface area contributed by atoms with Gasteiger partial charge in [0.15, 0.2) is 0 Å².